The fourth-order valence-corrected chi connectivity index (χ4v) is 9.75. The number of aromatic nitrogens is 2. The maximum Gasteiger partial charge on any atom is 0.249 e. The first kappa shape index (κ1) is 56.0. The predicted octanol–water partition coefficient (Wildman–Crippen LogP) is 5.61. The first-order valence-electron chi connectivity index (χ1n) is 26.5. The number of rotatable bonds is 22. The van der Waals surface area contributed by atoms with Crippen molar-refractivity contribution >= 4 is 69.4 Å². The van der Waals surface area contributed by atoms with Gasteiger partial charge in [-0.1, -0.05) is 6.07 Å². The number of halogens is 2. The summed E-state index contributed by atoms with van der Waals surface area (Å²) in [5.41, 5.74) is 6.91. The van der Waals surface area contributed by atoms with E-state index in [-0.39, 0.29) is 23.6 Å². The van der Waals surface area contributed by atoms with Crippen molar-refractivity contribution < 1.29 is 51.7 Å². The number of piperazine rings is 2. The summed E-state index contributed by atoms with van der Waals surface area (Å²) >= 11 is 0. The summed E-state index contributed by atoms with van der Waals surface area (Å²) in [4.78, 5) is 68.9. The number of ether oxygens (including phenoxy) is 4. The Labute approximate surface area is 447 Å². The van der Waals surface area contributed by atoms with E-state index in [1.807, 2.05) is 70.5 Å². The molecule has 1 unspecified atom stereocenters. The van der Waals surface area contributed by atoms with Gasteiger partial charge in [-0.05, 0) is 104 Å². The van der Waals surface area contributed by atoms with Gasteiger partial charge in [-0.3, -0.25) is 34.4 Å². The van der Waals surface area contributed by atoms with Crippen molar-refractivity contribution in [2.45, 2.75) is 57.0 Å². The lowest BCUT2D eigenvalue weighted by Gasteiger charge is -2.36. The predicted molar refractivity (Wildman–Crippen MR) is 290 cm³/mol. The zero-order valence-corrected chi connectivity index (χ0v) is 43.7. The van der Waals surface area contributed by atoms with E-state index in [2.05, 4.69) is 41.3 Å². The minimum absolute atomic E-state index is 0.0716. The fraction of sp³-hybridized carbons (Fsp3) is 0.464. The summed E-state index contributed by atoms with van der Waals surface area (Å²) in [6, 6.07) is 23.0. The molecule has 9 rings (SSSR count). The molecule has 4 aliphatic heterocycles. The summed E-state index contributed by atoms with van der Waals surface area (Å²) in [5.74, 6) is -0.735. The van der Waals surface area contributed by atoms with Crippen molar-refractivity contribution in [3.8, 4) is 0 Å². The SMILES string of the molecule is CNc1n[nH]c2ccc(Cc3cc(F)cc(F)c3)cc12.O=Cc1ccc(N2CCN(C(=O)CCOCCOCCOCCC(=O)N3CCN(c4ccc(NC5CCC(=O)NC5=O)cc4)CC3)CC2)cc1NC1CCOCC1. The second kappa shape index (κ2) is 28.3. The lowest BCUT2D eigenvalue weighted by atomic mass is 10.0. The molecule has 0 saturated carbocycles. The Morgan fingerprint density at radius 1 is 0.701 bits per heavy atom. The van der Waals surface area contributed by atoms with Gasteiger partial charge in [0.15, 0.2) is 12.1 Å². The van der Waals surface area contributed by atoms with E-state index in [0.717, 1.165) is 110 Å². The van der Waals surface area contributed by atoms with E-state index in [1.165, 1.54) is 12.1 Å². The van der Waals surface area contributed by atoms with Crippen LogP contribution in [0.5, 0.6) is 0 Å². The first-order chi connectivity index (χ1) is 37.5. The summed E-state index contributed by atoms with van der Waals surface area (Å²) in [6.07, 6.45) is 4.63. The third kappa shape index (κ3) is 16.4. The molecule has 0 bridgehead atoms. The van der Waals surface area contributed by atoms with E-state index in [1.54, 1.807) is 7.05 Å². The molecule has 1 aromatic heterocycles. The quantitative estimate of drug-likeness (QED) is 0.0324. The summed E-state index contributed by atoms with van der Waals surface area (Å²) in [5, 5.41) is 20.1. The molecule has 412 valence electrons. The van der Waals surface area contributed by atoms with Crippen LogP contribution in [0.1, 0.15) is 60.0 Å². The van der Waals surface area contributed by atoms with Crippen molar-refractivity contribution in [1.29, 1.82) is 0 Å². The lowest BCUT2D eigenvalue weighted by molar-refractivity contribution is -0.134. The molecular formula is C56H70F2N10O9. The average molecular weight is 1070 g/mol. The topological polar surface area (TPSA) is 212 Å². The molecule has 4 saturated heterocycles. The number of anilines is 5. The zero-order chi connectivity index (χ0) is 53.9. The molecule has 5 N–H and O–H groups in total. The summed E-state index contributed by atoms with van der Waals surface area (Å²) < 4.78 is 48.7. The molecule has 4 fully saturated rings. The molecule has 4 aromatic carbocycles. The van der Waals surface area contributed by atoms with E-state index in [4.69, 9.17) is 18.9 Å². The largest absolute Gasteiger partial charge is 0.381 e. The summed E-state index contributed by atoms with van der Waals surface area (Å²) in [7, 11) is 1.80. The Morgan fingerprint density at radius 2 is 1.30 bits per heavy atom. The molecule has 4 amide bonds. The third-order valence-corrected chi connectivity index (χ3v) is 14.0. The highest BCUT2D eigenvalue weighted by atomic mass is 19.1. The Hall–Kier alpha value is -7.20. The number of aldehydes is 1. The number of nitrogens with zero attached hydrogens (tertiary/aromatic N) is 5. The smallest absolute Gasteiger partial charge is 0.249 e. The van der Waals surface area contributed by atoms with Gasteiger partial charge in [0.05, 0.1) is 58.0 Å². The Bertz CT molecular complexity index is 2740. The number of aromatic amines is 1. The Balaban J connectivity index is 0.000000325. The molecule has 1 atom stereocenters. The first-order valence-corrected chi connectivity index (χ1v) is 26.5. The van der Waals surface area contributed by atoms with Gasteiger partial charge in [-0.15, -0.1) is 0 Å². The van der Waals surface area contributed by atoms with Crippen LogP contribution in [0.25, 0.3) is 10.9 Å². The van der Waals surface area contributed by atoms with E-state index >= 15 is 0 Å². The van der Waals surface area contributed by atoms with Crippen LogP contribution in [0.3, 0.4) is 0 Å². The number of hydrogen-bond donors (Lipinski definition) is 5. The van der Waals surface area contributed by atoms with Crippen molar-refractivity contribution in [3.63, 3.8) is 0 Å². The molecular weight excluding hydrogens is 995 g/mol. The third-order valence-electron chi connectivity index (χ3n) is 14.0. The van der Waals surface area contributed by atoms with Crippen molar-refractivity contribution in [3.05, 3.63) is 107 Å². The highest BCUT2D eigenvalue weighted by molar-refractivity contribution is 6.01. The molecule has 77 heavy (non-hydrogen) atoms. The molecule has 21 heteroatoms. The van der Waals surface area contributed by atoms with Crippen LogP contribution < -0.4 is 31.1 Å². The number of imide groups is 1. The van der Waals surface area contributed by atoms with Crippen LogP contribution in [0.4, 0.5) is 37.3 Å². The van der Waals surface area contributed by atoms with Crippen LogP contribution >= 0.6 is 0 Å². The number of piperidine rings is 1. The molecule has 0 spiro atoms. The highest BCUT2D eigenvalue weighted by Crippen LogP contribution is 2.28. The number of H-pyrrole nitrogens is 1. The van der Waals surface area contributed by atoms with Crippen LogP contribution in [-0.2, 0) is 44.5 Å². The van der Waals surface area contributed by atoms with E-state index < -0.39 is 17.7 Å². The van der Waals surface area contributed by atoms with Gasteiger partial charge in [-0.25, -0.2) is 8.78 Å². The van der Waals surface area contributed by atoms with Crippen molar-refractivity contribution in [1.82, 2.24) is 25.3 Å². The fourth-order valence-electron chi connectivity index (χ4n) is 9.75. The number of hydrogen-bond acceptors (Lipinski definition) is 15. The van der Waals surface area contributed by atoms with Gasteiger partial charge in [-0.2, -0.15) is 5.10 Å². The lowest BCUT2D eigenvalue weighted by Crippen LogP contribution is -2.49. The molecule has 0 radical (unpaired) electrons. The maximum atomic E-state index is 13.2. The van der Waals surface area contributed by atoms with Gasteiger partial charge in [0.25, 0.3) is 0 Å². The minimum Gasteiger partial charge on any atom is -0.381 e. The summed E-state index contributed by atoms with van der Waals surface area (Å²) in [6.45, 7) is 9.10. The average Bonchev–Trinajstić information content (AvgIpc) is 3.86. The standard InChI is InChI=1S/C41H57N7O9.C15H13F2N3/c49-30-31-1-4-35(29-37(31)43-33-9-21-54-22-10-33)46-15-19-48(20-16-46)40(52)12-24-56-26-28-57-27-25-55-23-11-39(51)47-17-13-45(14-18-47)34-5-2-32(3-6-34)42-36-7-8-38(50)44-41(36)53;1-18-15-13-7-9(2-3-14(13)19-20-15)4-10-5-11(16)8-12(17)6-10/h1-6,29-30,33,36,42-43H,7-28H2,(H,44,50,53);2-3,5-8H,4H2,1H3,(H2,18,19,20). The van der Waals surface area contributed by atoms with Crippen LogP contribution in [0.2, 0.25) is 0 Å². The van der Waals surface area contributed by atoms with Crippen molar-refractivity contribution in [2.24, 2.45) is 0 Å². The van der Waals surface area contributed by atoms with Gasteiger partial charge in [0.1, 0.15) is 17.7 Å². The molecule has 5 aromatic rings. The molecule has 19 nitrogen and oxygen atoms in total. The van der Waals surface area contributed by atoms with Gasteiger partial charge < -0.3 is 54.5 Å². The monoisotopic (exact) mass is 1060 g/mol. The van der Waals surface area contributed by atoms with Gasteiger partial charge >= 0.3 is 0 Å². The van der Waals surface area contributed by atoms with Crippen molar-refractivity contribution in [2.75, 3.05) is 138 Å². The number of benzene rings is 4. The van der Waals surface area contributed by atoms with Gasteiger partial charge in [0, 0.05) is 125 Å². The van der Waals surface area contributed by atoms with E-state index in [0.29, 0.717) is 115 Å². The van der Waals surface area contributed by atoms with Crippen LogP contribution in [-0.4, -0.2) is 174 Å². The molecule has 5 heterocycles. The highest BCUT2D eigenvalue weighted by Gasteiger charge is 2.27. The Morgan fingerprint density at radius 3 is 1.90 bits per heavy atom. The van der Waals surface area contributed by atoms with Crippen LogP contribution in [0, 0.1) is 11.6 Å². The molecule has 4 aliphatic rings. The van der Waals surface area contributed by atoms with E-state index in [9.17, 15) is 32.8 Å². The maximum absolute atomic E-state index is 13.2. The second-order valence-electron chi connectivity index (χ2n) is 19.3. The Kier molecular flexibility index (Phi) is 20.6. The normalized spacial score (nSPS) is 17.2. The minimum atomic E-state index is -0.555. The number of carbonyl (C=O) groups excluding carboxylic acids is 5. The number of carbonyl (C=O) groups is 5. The number of nitrogens with one attached hydrogen (secondary N) is 5. The van der Waals surface area contributed by atoms with Gasteiger partial charge in [0.2, 0.25) is 23.6 Å². The van der Waals surface area contributed by atoms with Crippen LogP contribution in [0.15, 0.2) is 78.9 Å². The number of fused-ring (bicyclic) bond motifs is 1. The number of amides is 4. The zero-order valence-electron chi connectivity index (χ0n) is 43.7. The molecule has 0 aliphatic carbocycles. The second-order valence-corrected chi connectivity index (χ2v) is 19.3.